The minimum absolute atomic E-state index is 0.0185. The van der Waals surface area contributed by atoms with E-state index in [0.717, 1.165) is 91.6 Å². The van der Waals surface area contributed by atoms with Gasteiger partial charge in [0.05, 0.1) is 5.69 Å². The third-order valence-electron chi connectivity index (χ3n) is 8.62. The van der Waals surface area contributed by atoms with E-state index in [-0.39, 0.29) is 5.78 Å². The molecule has 0 saturated carbocycles. The zero-order valence-corrected chi connectivity index (χ0v) is 35.5. The van der Waals surface area contributed by atoms with Crippen molar-refractivity contribution < 1.29 is 9.53 Å². The van der Waals surface area contributed by atoms with E-state index in [9.17, 15) is 4.79 Å². The van der Waals surface area contributed by atoms with E-state index >= 15 is 0 Å². The van der Waals surface area contributed by atoms with Gasteiger partial charge in [0.2, 0.25) is 0 Å². The summed E-state index contributed by atoms with van der Waals surface area (Å²) in [5.74, 6) is 3.74. The molecule has 2 aromatic rings. The number of benzene rings is 1. The highest BCUT2D eigenvalue weighted by Gasteiger charge is 2.19. The Balaban J connectivity index is 0.00000237. The molecule has 0 aliphatic rings. The van der Waals surface area contributed by atoms with Crippen LogP contribution >= 0.6 is 0 Å². The van der Waals surface area contributed by atoms with Crippen molar-refractivity contribution in [3.63, 3.8) is 0 Å². The molecule has 0 radical (unpaired) electrons. The standard InChI is InChI=1S/C38H58N4O.C4H11N.C4H6O/c1-10-15-17-24-42(27-28(6)13-4)38-32(18-12-3)25-31(9)36(41-38)37(39)40-33-21-23-35(30(8)26-33)43-34(14-5)22-20-29(7)19-16-11-2;1-2-3-4-5;1-3-4(2)5/h14,19-23,25-26,28H,10-13,15-18,24,27H2,1-9H3,(H2,39,40);2-5H2,1H3;3H,1H2,2H3/b22-20-,29-19+,34-14+;;. The van der Waals surface area contributed by atoms with Crippen LogP contribution in [-0.2, 0) is 11.2 Å². The van der Waals surface area contributed by atoms with E-state index in [4.69, 9.17) is 26.2 Å². The highest BCUT2D eigenvalue weighted by molar-refractivity contribution is 5.99. The first-order chi connectivity index (χ1) is 25.3. The van der Waals surface area contributed by atoms with E-state index in [1.54, 1.807) is 0 Å². The lowest BCUT2D eigenvalue weighted by Gasteiger charge is -2.29. The predicted molar refractivity (Wildman–Crippen MR) is 233 cm³/mol. The van der Waals surface area contributed by atoms with Gasteiger partial charge in [-0.25, -0.2) is 9.98 Å². The monoisotopic (exact) mass is 730 g/mol. The van der Waals surface area contributed by atoms with Crippen molar-refractivity contribution in [1.29, 1.82) is 0 Å². The number of allylic oxidation sites excluding steroid dienone is 6. The Labute approximate surface area is 324 Å². The molecule has 1 aromatic carbocycles. The number of nitrogens with two attached hydrogens (primary N) is 2. The fraction of sp³-hybridized carbons (Fsp3) is 0.543. The van der Waals surface area contributed by atoms with Gasteiger partial charge in [0.25, 0.3) is 0 Å². The van der Waals surface area contributed by atoms with Crippen LogP contribution in [0.1, 0.15) is 142 Å². The second-order valence-corrected chi connectivity index (χ2v) is 13.8. The summed E-state index contributed by atoms with van der Waals surface area (Å²) in [4.78, 5) is 22.2. The molecule has 1 heterocycles. The van der Waals surface area contributed by atoms with Crippen molar-refractivity contribution >= 4 is 23.1 Å². The summed E-state index contributed by atoms with van der Waals surface area (Å²) in [6, 6.07) is 8.23. The third-order valence-corrected chi connectivity index (χ3v) is 8.62. The van der Waals surface area contributed by atoms with Crippen LogP contribution in [0.25, 0.3) is 0 Å². The van der Waals surface area contributed by atoms with E-state index in [0.29, 0.717) is 11.8 Å². The van der Waals surface area contributed by atoms with Gasteiger partial charge in [-0.2, -0.15) is 0 Å². The lowest BCUT2D eigenvalue weighted by Crippen LogP contribution is -2.32. The largest absolute Gasteiger partial charge is 0.457 e. The van der Waals surface area contributed by atoms with Gasteiger partial charge in [0, 0.05) is 13.1 Å². The zero-order valence-electron chi connectivity index (χ0n) is 35.5. The number of aryl methyl sites for hydroxylation is 3. The van der Waals surface area contributed by atoms with Gasteiger partial charge in [0.15, 0.2) is 5.78 Å². The molecule has 0 spiro atoms. The molecule has 0 saturated heterocycles. The van der Waals surface area contributed by atoms with Gasteiger partial charge >= 0.3 is 0 Å². The molecule has 1 aromatic heterocycles. The van der Waals surface area contributed by atoms with Crippen LogP contribution < -0.4 is 21.1 Å². The molecular formula is C46H75N5O2. The highest BCUT2D eigenvalue weighted by Crippen LogP contribution is 2.28. The number of pyridine rings is 1. The van der Waals surface area contributed by atoms with Crippen LogP contribution in [0.5, 0.6) is 5.75 Å². The number of anilines is 1. The SMILES string of the molecule is C=CC(C)=O.CCCCN.C\C=C(/C=C\C(C)=C\CCC)Oc1ccc(N=C(N)c2nc(N(CCCCC)CC(C)CC)c(CCC)cc2C)cc1C. The summed E-state index contributed by atoms with van der Waals surface area (Å²) in [6.07, 6.45) is 21.1. The summed E-state index contributed by atoms with van der Waals surface area (Å²) in [7, 11) is 0. The van der Waals surface area contributed by atoms with Gasteiger partial charge in [-0.15, -0.1) is 0 Å². The minimum atomic E-state index is 0.0185. The second kappa shape index (κ2) is 29.5. The number of ether oxygens (including phenoxy) is 1. The van der Waals surface area contributed by atoms with Crippen LogP contribution in [-0.4, -0.2) is 36.2 Å². The summed E-state index contributed by atoms with van der Waals surface area (Å²) in [5.41, 5.74) is 18.0. The maximum absolute atomic E-state index is 9.69. The maximum Gasteiger partial charge on any atom is 0.152 e. The molecule has 0 aliphatic carbocycles. The number of carbonyl (C=O) groups excluding carboxylic acids is 1. The van der Waals surface area contributed by atoms with Gasteiger partial charge in [-0.1, -0.05) is 110 Å². The van der Waals surface area contributed by atoms with Crippen LogP contribution in [0, 0.1) is 19.8 Å². The number of amidine groups is 1. The molecule has 0 bridgehead atoms. The van der Waals surface area contributed by atoms with Crippen LogP contribution in [0.2, 0.25) is 0 Å². The number of rotatable bonds is 21. The van der Waals surface area contributed by atoms with Crippen molar-refractivity contribution in [2.75, 3.05) is 24.5 Å². The molecule has 4 N–H and O–H groups in total. The maximum atomic E-state index is 9.69. The molecular weight excluding hydrogens is 655 g/mol. The zero-order chi connectivity index (χ0) is 40.2. The molecule has 0 fully saturated rings. The Morgan fingerprint density at radius 2 is 1.66 bits per heavy atom. The van der Waals surface area contributed by atoms with Crippen molar-refractivity contribution in [2.45, 2.75) is 140 Å². The Kier molecular flexibility index (Phi) is 27.3. The number of hydrogen-bond donors (Lipinski definition) is 2. The molecule has 7 nitrogen and oxygen atoms in total. The normalized spacial score (nSPS) is 12.4. The summed E-state index contributed by atoms with van der Waals surface area (Å²) in [5, 5.41) is 0. The van der Waals surface area contributed by atoms with Gasteiger partial charge in [-0.05, 0) is 126 Å². The van der Waals surface area contributed by atoms with Crippen molar-refractivity contribution in [1.82, 2.24) is 4.98 Å². The topological polar surface area (TPSA) is 107 Å². The molecule has 1 unspecified atom stereocenters. The quantitative estimate of drug-likeness (QED) is 0.0331. The number of hydrogen-bond acceptors (Lipinski definition) is 6. The minimum Gasteiger partial charge on any atom is -0.457 e. The summed E-state index contributed by atoms with van der Waals surface area (Å²) >= 11 is 0. The van der Waals surface area contributed by atoms with E-state index in [1.807, 2.05) is 44.2 Å². The Morgan fingerprint density at radius 3 is 2.17 bits per heavy atom. The molecule has 296 valence electrons. The summed E-state index contributed by atoms with van der Waals surface area (Å²) < 4.78 is 6.22. The molecule has 7 heteroatoms. The fourth-order valence-electron chi connectivity index (χ4n) is 5.17. The lowest BCUT2D eigenvalue weighted by molar-refractivity contribution is -0.112. The predicted octanol–water partition coefficient (Wildman–Crippen LogP) is 11.8. The Bertz CT molecular complexity index is 1470. The molecule has 0 amide bonds. The first-order valence-electron chi connectivity index (χ1n) is 20.1. The average molecular weight is 730 g/mol. The van der Waals surface area contributed by atoms with Crippen LogP contribution in [0.4, 0.5) is 11.5 Å². The van der Waals surface area contributed by atoms with Gasteiger partial charge in [0.1, 0.15) is 28.9 Å². The highest BCUT2D eigenvalue weighted by atomic mass is 16.5. The average Bonchev–Trinajstić information content (AvgIpc) is 3.13. The molecule has 0 aliphatic heterocycles. The van der Waals surface area contributed by atoms with E-state index in [1.165, 1.54) is 56.2 Å². The van der Waals surface area contributed by atoms with Gasteiger partial charge in [-0.3, -0.25) is 4.79 Å². The molecule has 53 heavy (non-hydrogen) atoms. The molecule has 1 atom stereocenters. The van der Waals surface area contributed by atoms with Crippen LogP contribution in [0.15, 0.2) is 77.5 Å². The lowest BCUT2D eigenvalue weighted by atomic mass is 10.0. The first-order valence-corrected chi connectivity index (χ1v) is 20.1. The number of aliphatic imine (C=N–C) groups is 1. The Morgan fingerprint density at radius 1 is 0.981 bits per heavy atom. The number of unbranched alkanes of at least 4 members (excludes halogenated alkanes) is 4. The number of nitrogens with zero attached hydrogens (tertiary/aromatic N) is 3. The summed E-state index contributed by atoms with van der Waals surface area (Å²) in [6.45, 7) is 29.2. The first kappa shape index (κ1) is 49.0. The van der Waals surface area contributed by atoms with Crippen molar-refractivity contribution in [2.24, 2.45) is 22.4 Å². The van der Waals surface area contributed by atoms with Gasteiger partial charge < -0.3 is 21.1 Å². The second-order valence-electron chi connectivity index (χ2n) is 13.8. The number of carbonyl (C=O) groups is 1. The van der Waals surface area contributed by atoms with Crippen LogP contribution in [0.3, 0.4) is 0 Å². The van der Waals surface area contributed by atoms with E-state index in [2.05, 4.69) is 85.1 Å². The smallest absolute Gasteiger partial charge is 0.152 e. The van der Waals surface area contributed by atoms with E-state index < -0.39 is 0 Å². The number of ketones is 1. The Hall–Kier alpha value is -3.97. The number of aromatic nitrogens is 1. The molecule has 2 rings (SSSR count). The fourth-order valence-corrected chi connectivity index (χ4v) is 5.17. The van der Waals surface area contributed by atoms with Crippen molar-refractivity contribution in [3.8, 4) is 5.75 Å². The third kappa shape index (κ3) is 20.8. The van der Waals surface area contributed by atoms with Crippen molar-refractivity contribution in [3.05, 3.63) is 94.9 Å².